The minimum Gasteiger partial charge on any atom is -0.141 e. The van der Waals surface area contributed by atoms with E-state index in [0.717, 1.165) is 0 Å². The fourth-order valence-electron chi connectivity index (χ4n) is 4.55. The third-order valence-corrected chi connectivity index (χ3v) is 13.1. The molecule has 2 aliphatic rings. The third-order valence-electron chi connectivity index (χ3n) is 5.74. The molecule has 0 unspecified atom stereocenters. The summed E-state index contributed by atoms with van der Waals surface area (Å²) in [7, 11) is 0. The van der Waals surface area contributed by atoms with Gasteiger partial charge < -0.3 is 0 Å². The van der Waals surface area contributed by atoms with E-state index in [1.165, 1.54) is 61.1 Å². The summed E-state index contributed by atoms with van der Waals surface area (Å²) in [4.78, 5) is 5.55. The van der Waals surface area contributed by atoms with Crippen molar-refractivity contribution in [3.63, 3.8) is 0 Å². The van der Waals surface area contributed by atoms with E-state index in [1.807, 2.05) is 22.7 Å². The highest BCUT2D eigenvalue weighted by atomic mass is 32.4. The van der Waals surface area contributed by atoms with Crippen LogP contribution < -0.4 is 5.30 Å². The lowest BCUT2D eigenvalue weighted by Gasteiger charge is -2.25. The second kappa shape index (κ2) is 7.22. The maximum Gasteiger partial charge on any atom is 0.0412 e. The van der Waals surface area contributed by atoms with Gasteiger partial charge in [0.2, 0.25) is 0 Å². The predicted octanol–water partition coefficient (Wildman–Crippen LogP) is 7.94. The van der Waals surface area contributed by atoms with Crippen molar-refractivity contribution in [2.24, 2.45) is 0 Å². The maximum atomic E-state index is 6.78. The van der Waals surface area contributed by atoms with Crippen LogP contribution in [0.1, 0.15) is 45.2 Å². The van der Waals surface area contributed by atoms with Crippen molar-refractivity contribution in [3.8, 4) is 0 Å². The molecule has 142 valence electrons. The molecule has 3 heterocycles. The summed E-state index contributed by atoms with van der Waals surface area (Å²) in [5, 5.41) is 4.35. The average Bonchev–Trinajstić information content (AvgIpc) is 3.38. The standard InChI is InChI=1S/C24H23PS3/c1-16-12-14-21(27-16)23-19-10-6-7-11-20(19)24(22-15-13-17(2)28-22)25(23,26)18-8-4-3-5-9-18/h3-5,8-9,12-15H,6-7,10-11H2,1-2H3. The van der Waals surface area contributed by atoms with Gasteiger partial charge in [0.1, 0.15) is 0 Å². The van der Waals surface area contributed by atoms with Crippen LogP contribution in [0.15, 0.2) is 65.7 Å². The summed E-state index contributed by atoms with van der Waals surface area (Å²) in [6.07, 6.45) is 4.93. The molecule has 0 nitrogen and oxygen atoms in total. The Balaban J connectivity index is 1.85. The van der Waals surface area contributed by atoms with Crippen LogP contribution in [-0.4, -0.2) is 0 Å². The molecule has 0 spiro atoms. The Kier molecular flexibility index (Phi) is 4.83. The summed E-state index contributed by atoms with van der Waals surface area (Å²) < 4.78 is 0. The average molecular weight is 439 g/mol. The van der Waals surface area contributed by atoms with Gasteiger partial charge >= 0.3 is 0 Å². The number of rotatable bonds is 3. The van der Waals surface area contributed by atoms with E-state index in [-0.39, 0.29) is 0 Å². The molecule has 0 bridgehead atoms. The molecule has 0 amide bonds. The number of allylic oxidation sites excluding steroid dienone is 2. The van der Waals surface area contributed by atoms with E-state index in [9.17, 15) is 0 Å². The Bertz CT molecular complexity index is 1090. The first-order valence-electron chi connectivity index (χ1n) is 9.86. The Morgan fingerprint density at radius 2 is 1.21 bits per heavy atom. The van der Waals surface area contributed by atoms with Crippen LogP contribution in [0, 0.1) is 13.8 Å². The molecular formula is C24H23PS3. The van der Waals surface area contributed by atoms with Crippen LogP contribution in [0.4, 0.5) is 0 Å². The van der Waals surface area contributed by atoms with E-state index < -0.39 is 6.04 Å². The molecule has 0 N–H and O–H groups in total. The highest BCUT2D eigenvalue weighted by Crippen LogP contribution is 2.76. The van der Waals surface area contributed by atoms with Gasteiger partial charge in [-0.3, -0.25) is 0 Å². The van der Waals surface area contributed by atoms with E-state index in [0.29, 0.717) is 0 Å². The van der Waals surface area contributed by atoms with Crippen molar-refractivity contribution < 1.29 is 0 Å². The van der Waals surface area contributed by atoms with E-state index in [1.54, 1.807) is 11.1 Å². The first kappa shape index (κ1) is 18.8. The van der Waals surface area contributed by atoms with Crippen LogP contribution in [0.25, 0.3) is 10.6 Å². The molecule has 0 saturated heterocycles. The molecular weight excluding hydrogens is 415 g/mol. The second-order valence-electron chi connectivity index (χ2n) is 7.63. The number of hydrogen-bond donors (Lipinski definition) is 0. The summed E-state index contributed by atoms with van der Waals surface area (Å²) in [5.74, 6) is 0. The topological polar surface area (TPSA) is 0 Å². The van der Waals surface area contributed by atoms with Gasteiger partial charge in [-0.05, 0) is 80.2 Å². The van der Waals surface area contributed by atoms with Gasteiger partial charge in [-0.2, -0.15) is 0 Å². The van der Waals surface area contributed by atoms with Crippen molar-refractivity contribution in [1.29, 1.82) is 0 Å². The van der Waals surface area contributed by atoms with Crippen molar-refractivity contribution in [2.75, 3.05) is 0 Å². The van der Waals surface area contributed by atoms with Gasteiger partial charge in [0, 0.05) is 36.2 Å². The first-order valence-corrected chi connectivity index (χ1v) is 14.3. The van der Waals surface area contributed by atoms with Crippen molar-refractivity contribution in [1.82, 2.24) is 0 Å². The summed E-state index contributed by atoms with van der Waals surface area (Å²) >= 11 is 10.6. The lowest BCUT2D eigenvalue weighted by molar-refractivity contribution is 0.685. The second-order valence-corrected chi connectivity index (χ2v) is 14.5. The molecule has 2 aromatic heterocycles. The number of hydrogen-bond acceptors (Lipinski definition) is 3. The van der Waals surface area contributed by atoms with Gasteiger partial charge in [0.15, 0.2) is 0 Å². The number of thiophene rings is 2. The Morgan fingerprint density at radius 1 is 0.714 bits per heavy atom. The highest BCUT2D eigenvalue weighted by molar-refractivity contribution is 8.28. The highest BCUT2D eigenvalue weighted by Gasteiger charge is 2.42. The molecule has 1 aliphatic carbocycles. The zero-order valence-corrected chi connectivity index (χ0v) is 19.5. The van der Waals surface area contributed by atoms with E-state index >= 15 is 0 Å². The molecule has 0 radical (unpaired) electrons. The van der Waals surface area contributed by atoms with Crippen LogP contribution in [-0.2, 0) is 11.8 Å². The third kappa shape index (κ3) is 2.87. The van der Waals surface area contributed by atoms with Crippen LogP contribution in [0.5, 0.6) is 0 Å². The SMILES string of the molecule is Cc1ccc(C2=C3CCCCC3=C(c3ccc(C)s3)P2(=S)c2ccccc2)s1. The molecule has 0 atom stereocenters. The monoisotopic (exact) mass is 438 g/mol. The Morgan fingerprint density at radius 3 is 1.64 bits per heavy atom. The van der Waals surface area contributed by atoms with Gasteiger partial charge in [-0.25, -0.2) is 0 Å². The molecule has 1 aromatic carbocycles. The molecule has 1 aliphatic heterocycles. The lowest BCUT2D eigenvalue weighted by Crippen LogP contribution is -2.05. The fourth-order valence-corrected chi connectivity index (χ4v) is 12.6. The van der Waals surface area contributed by atoms with Crippen LogP contribution >= 0.6 is 28.7 Å². The Hall–Kier alpha value is -1.25. The van der Waals surface area contributed by atoms with E-state index in [4.69, 9.17) is 11.8 Å². The van der Waals surface area contributed by atoms with Crippen LogP contribution in [0.2, 0.25) is 0 Å². The summed E-state index contributed by atoms with van der Waals surface area (Å²) in [6, 6.07) is 18.1. The molecule has 3 aromatic rings. The van der Waals surface area contributed by atoms with Crippen molar-refractivity contribution >= 4 is 56.5 Å². The lowest BCUT2D eigenvalue weighted by atomic mass is 9.88. The zero-order valence-electron chi connectivity index (χ0n) is 16.2. The van der Waals surface area contributed by atoms with Gasteiger partial charge in [-0.1, -0.05) is 42.1 Å². The predicted molar refractivity (Wildman–Crippen MR) is 131 cm³/mol. The fraction of sp³-hybridized carbons (Fsp3) is 0.250. The maximum absolute atomic E-state index is 6.78. The van der Waals surface area contributed by atoms with Gasteiger partial charge in [-0.15, -0.1) is 22.7 Å². The van der Waals surface area contributed by atoms with Gasteiger partial charge in [0.25, 0.3) is 0 Å². The Labute approximate surface area is 180 Å². The van der Waals surface area contributed by atoms with Crippen LogP contribution in [0.3, 0.4) is 0 Å². The van der Waals surface area contributed by atoms with Crippen molar-refractivity contribution in [3.05, 3.63) is 85.3 Å². The summed E-state index contributed by atoms with van der Waals surface area (Å²) in [6.45, 7) is 4.41. The molecule has 1 saturated carbocycles. The first-order chi connectivity index (χ1) is 13.6. The normalized spacial score (nSPS) is 18.6. The minimum atomic E-state index is -2.05. The molecule has 28 heavy (non-hydrogen) atoms. The quantitative estimate of drug-likeness (QED) is 0.374. The minimum absolute atomic E-state index is 1.18. The molecule has 5 rings (SSSR count). The van der Waals surface area contributed by atoms with Gasteiger partial charge in [0.05, 0.1) is 0 Å². The number of benzene rings is 1. The van der Waals surface area contributed by atoms with E-state index in [2.05, 4.69) is 68.4 Å². The number of aryl methyl sites for hydroxylation is 2. The zero-order chi connectivity index (χ0) is 19.3. The number of fused-ring (bicyclic) bond motifs is 1. The summed E-state index contributed by atoms with van der Waals surface area (Å²) in [5.41, 5.74) is 3.17. The molecule has 4 heteroatoms. The largest absolute Gasteiger partial charge is 0.141 e. The van der Waals surface area contributed by atoms with Crippen molar-refractivity contribution in [2.45, 2.75) is 39.5 Å². The molecule has 1 fully saturated rings. The smallest absolute Gasteiger partial charge is 0.0412 e.